The number of halogens is 1. The van der Waals surface area contributed by atoms with Crippen molar-refractivity contribution in [1.29, 1.82) is 0 Å². The lowest BCUT2D eigenvalue weighted by molar-refractivity contribution is 0.0944. The van der Waals surface area contributed by atoms with Crippen LogP contribution in [0, 0.1) is 0 Å². The molecule has 0 radical (unpaired) electrons. The number of nitrogen functional groups attached to an aromatic ring is 1. The van der Waals surface area contributed by atoms with E-state index < -0.39 is 0 Å². The topological polar surface area (TPSA) is 58.4 Å². The zero-order valence-corrected chi connectivity index (χ0v) is 11.9. The van der Waals surface area contributed by atoms with Crippen molar-refractivity contribution in [2.24, 2.45) is 0 Å². The van der Waals surface area contributed by atoms with Crippen LogP contribution < -0.4 is 11.1 Å². The van der Waals surface area contributed by atoms with Crippen LogP contribution in [0.25, 0.3) is 0 Å². The summed E-state index contributed by atoms with van der Waals surface area (Å²) >= 11 is 3.31. The first kappa shape index (κ1) is 14.0. The third-order valence-electron chi connectivity index (χ3n) is 2.70. The third-order valence-corrected chi connectivity index (χ3v) is 3.19. The molecule has 5 heteroatoms. The molecule has 0 aliphatic heterocycles. The molecule has 3 N–H and O–H groups in total. The number of benzene rings is 1. The highest BCUT2D eigenvalue weighted by Gasteiger charge is 2.11. The van der Waals surface area contributed by atoms with Crippen LogP contribution in [0.2, 0.25) is 0 Å². The van der Waals surface area contributed by atoms with E-state index in [2.05, 4.69) is 21.2 Å². The van der Waals surface area contributed by atoms with E-state index in [1.54, 1.807) is 18.2 Å². The van der Waals surface area contributed by atoms with E-state index in [1.807, 2.05) is 25.9 Å². The fourth-order valence-corrected chi connectivity index (χ4v) is 1.64. The van der Waals surface area contributed by atoms with Crippen LogP contribution >= 0.6 is 15.9 Å². The van der Waals surface area contributed by atoms with Crippen LogP contribution in [0.1, 0.15) is 17.3 Å². The van der Waals surface area contributed by atoms with Gasteiger partial charge in [-0.25, -0.2) is 0 Å². The minimum atomic E-state index is -0.135. The second-order valence-corrected chi connectivity index (χ2v) is 5.17. The molecule has 0 fully saturated rings. The van der Waals surface area contributed by atoms with Gasteiger partial charge in [-0.15, -0.1) is 0 Å². The second kappa shape index (κ2) is 6.02. The Morgan fingerprint density at radius 3 is 2.71 bits per heavy atom. The average Bonchev–Trinajstić information content (AvgIpc) is 2.25. The van der Waals surface area contributed by atoms with Gasteiger partial charge in [0, 0.05) is 22.7 Å². The lowest BCUT2D eigenvalue weighted by Crippen LogP contribution is -2.38. The first-order valence-electron chi connectivity index (χ1n) is 5.41. The smallest absolute Gasteiger partial charge is 0.253 e. The van der Waals surface area contributed by atoms with Gasteiger partial charge < -0.3 is 16.0 Å². The van der Waals surface area contributed by atoms with Gasteiger partial charge in [-0.05, 0) is 39.2 Å². The molecule has 1 rings (SSSR count). The van der Waals surface area contributed by atoms with Gasteiger partial charge in [0.1, 0.15) is 0 Å². The Labute approximate surface area is 110 Å². The summed E-state index contributed by atoms with van der Waals surface area (Å²) < 4.78 is 0.869. The first-order chi connectivity index (χ1) is 7.91. The number of hydrogen-bond donors (Lipinski definition) is 2. The molecule has 0 bridgehead atoms. The first-order valence-corrected chi connectivity index (χ1v) is 6.20. The van der Waals surface area contributed by atoms with E-state index >= 15 is 0 Å². The number of carbonyl (C=O) groups is 1. The number of likely N-dealkylation sites (N-methyl/N-ethyl adjacent to an activating group) is 1. The maximum absolute atomic E-state index is 11.9. The van der Waals surface area contributed by atoms with Crippen molar-refractivity contribution in [1.82, 2.24) is 10.2 Å². The van der Waals surface area contributed by atoms with E-state index in [1.165, 1.54) is 0 Å². The number of nitrogens with zero attached hydrogens (tertiary/aromatic N) is 1. The number of nitrogens with one attached hydrogen (secondary N) is 1. The SMILES string of the molecule is CC(CNC(=O)c1ccc(Br)cc1N)N(C)C. The Kier molecular flexibility index (Phi) is 4.96. The van der Waals surface area contributed by atoms with Gasteiger partial charge >= 0.3 is 0 Å². The molecule has 0 aliphatic carbocycles. The Hall–Kier alpha value is -1.07. The molecule has 0 spiro atoms. The summed E-state index contributed by atoms with van der Waals surface area (Å²) in [6.07, 6.45) is 0. The number of rotatable bonds is 4. The molecule has 1 amide bonds. The van der Waals surface area contributed by atoms with Crippen molar-refractivity contribution >= 4 is 27.5 Å². The summed E-state index contributed by atoms with van der Waals surface area (Å²) in [5, 5.41) is 2.86. The van der Waals surface area contributed by atoms with Crippen molar-refractivity contribution in [3.8, 4) is 0 Å². The number of hydrogen-bond acceptors (Lipinski definition) is 3. The molecular formula is C12H18BrN3O. The summed E-state index contributed by atoms with van der Waals surface area (Å²) in [5.41, 5.74) is 6.78. The third kappa shape index (κ3) is 4.02. The molecule has 17 heavy (non-hydrogen) atoms. The van der Waals surface area contributed by atoms with Gasteiger partial charge in [0.2, 0.25) is 0 Å². The van der Waals surface area contributed by atoms with Crippen LogP contribution in [-0.2, 0) is 0 Å². The lowest BCUT2D eigenvalue weighted by atomic mass is 10.1. The minimum Gasteiger partial charge on any atom is -0.398 e. The van der Waals surface area contributed by atoms with E-state index in [4.69, 9.17) is 5.73 Å². The van der Waals surface area contributed by atoms with Crippen LogP contribution in [0.15, 0.2) is 22.7 Å². The Balaban J connectivity index is 2.64. The Bertz CT molecular complexity index is 407. The van der Waals surface area contributed by atoms with E-state index in [0.29, 0.717) is 17.8 Å². The molecule has 0 saturated heterocycles. The molecule has 0 aromatic heterocycles. The fourth-order valence-electron chi connectivity index (χ4n) is 1.26. The van der Waals surface area contributed by atoms with Crippen LogP contribution in [-0.4, -0.2) is 37.5 Å². The normalized spacial score (nSPS) is 12.5. The van der Waals surface area contributed by atoms with Gasteiger partial charge in [0.25, 0.3) is 5.91 Å². The zero-order chi connectivity index (χ0) is 13.0. The fraction of sp³-hybridized carbons (Fsp3) is 0.417. The molecule has 0 saturated carbocycles. The summed E-state index contributed by atoms with van der Waals surface area (Å²) in [6, 6.07) is 5.54. The molecular weight excluding hydrogens is 282 g/mol. The van der Waals surface area contributed by atoms with E-state index in [0.717, 1.165) is 4.47 Å². The zero-order valence-electron chi connectivity index (χ0n) is 10.3. The van der Waals surface area contributed by atoms with Crippen molar-refractivity contribution in [2.45, 2.75) is 13.0 Å². The van der Waals surface area contributed by atoms with Crippen LogP contribution in [0.3, 0.4) is 0 Å². The standard InChI is InChI=1S/C12H18BrN3O/c1-8(16(2)3)7-15-12(17)10-5-4-9(13)6-11(10)14/h4-6,8H,7,14H2,1-3H3,(H,15,17). The highest BCUT2D eigenvalue weighted by Crippen LogP contribution is 2.18. The van der Waals surface area contributed by atoms with Gasteiger partial charge in [-0.2, -0.15) is 0 Å². The van der Waals surface area contributed by atoms with Gasteiger partial charge in [0.05, 0.1) is 5.56 Å². The van der Waals surface area contributed by atoms with Crippen LogP contribution in [0.4, 0.5) is 5.69 Å². The predicted molar refractivity (Wildman–Crippen MR) is 74.0 cm³/mol. The maximum Gasteiger partial charge on any atom is 0.253 e. The lowest BCUT2D eigenvalue weighted by Gasteiger charge is -2.20. The monoisotopic (exact) mass is 299 g/mol. The van der Waals surface area contributed by atoms with Gasteiger partial charge in [0.15, 0.2) is 0 Å². The van der Waals surface area contributed by atoms with Crippen molar-refractivity contribution in [3.63, 3.8) is 0 Å². The van der Waals surface area contributed by atoms with Crippen LogP contribution in [0.5, 0.6) is 0 Å². The molecule has 0 aliphatic rings. The minimum absolute atomic E-state index is 0.135. The second-order valence-electron chi connectivity index (χ2n) is 4.25. The largest absolute Gasteiger partial charge is 0.398 e. The van der Waals surface area contributed by atoms with Crippen molar-refractivity contribution in [2.75, 3.05) is 26.4 Å². The van der Waals surface area contributed by atoms with Crippen molar-refractivity contribution < 1.29 is 4.79 Å². The van der Waals surface area contributed by atoms with Crippen molar-refractivity contribution in [3.05, 3.63) is 28.2 Å². The molecule has 94 valence electrons. The maximum atomic E-state index is 11.9. The van der Waals surface area contributed by atoms with Gasteiger partial charge in [-0.1, -0.05) is 15.9 Å². The average molecular weight is 300 g/mol. The molecule has 1 aromatic carbocycles. The number of nitrogens with two attached hydrogens (primary N) is 1. The summed E-state index contributed by atoms with van der Waals surface area (Å²) in [7, 11) is 3.95. The Morgan fingerprint density at radius 2 is 2.18 bits per heavy atom. The highest BCUT2D eigenvalue weighted by molar-refractivity contribution is 9.10. The van der Waals surface area contributed by atoms with E-state index in [-0.39, 0.29) is 11.9 Å². The predicted octanol–water partition coefficient (Wildman–Crippen LogP) is 1.71. The number of amides is 1. The Morgan fingerprint density at radius 1 is 1.53 bits per heavy atom. The number of anilines is 1. The number of carbonyl (C=O) groups excluding carboxylic acids is 1. The highest BCUT2D eigenvalue weighted by atomic mass is 79.9. The molecule has 4 nitrogen and oxygen atoms in total. The van der Waals surface area contributed by atoms with Gasteiger partial charge in [-0.3, -0.25) is 4.79 Å². The molecule has 0 heterocycles. The summed E-state index contributed by atoms with van der Waals surface area (Å²) in [6.45, 7) is 2.65. The summed E-state index contributed by atoms with van der Waals surface area (Å²) in [4.78, 5) is 13.9. The quantitative estimate of drug-likeness (QED) is 0.832. The molecule has 1 unspecified atom stereocenters. The summed E-state index contributed by atoms with van der Waals surface area (Å²) in [5.74, 6) is -0.135. The molecule has 1 aromatic rings. The van der Waals surface area contributed by atoms with E-state index in [9.17, 15) is 4.79 Å². The molecule has 1 atom stereocenters.